The Morgan fingerprint density at radius 2 is 2.00 bits per heavy atom. The van der Waals surface area contributed by atoms with Crippen molar-refractivity contribution < 1.29 is 17.8 Å². The van der Waals surface area contributed by atoms with Crippen LogP contribution in [0.25, 0.3) is 11.6 Å². The van der Waals surface area contributed by atoms with Crippen molar-refractivity contribution in [3.8, 4) is 11.6 Å². The predicted octanol–water partition coefficient (Wildman–Crippen LogP) is 1.56. The summed E-state index contributed by atoms with van der Waals surface area (Å²) < 4.78 is 32.2. The molecule has 0 unspecified atom stereocenters. The average molecular weight is 375 g/mol. The largest absolute Gasteiger partial charge is 0.419 e. The molecule has 0 bridgehead atoms. The van der Waals surface area contributed by atoms with Crippen LogP contribution >= 0.6 is 0 Å². The molecule has 0 aliphatic rings. The van der Waals surface area contributed by atoms with Crippen LogP contribution in [0.15, 0.2) is 58.0 Å². The molecular formula is C15H13N5O5S. The van der Waals surface area contributed by atoms with Gasteiger partial charge in [-0.3, -0.25) is 15.1 Å². The number of nitrogens with one attached hydrogen (secondary N) is 1. The minimum atomic E-state index is -3.89. The molecule has 11 heteroatoms. The second kappa shape index (κ2) is 7.37. The normalized spacial score (nSPS) is 11.4. The fraction of sp³-hybridized carbons (Fsp3) is 0.133. The van der Waals surface area contributed by atoms with Crippen molar-refractivity contribution in [2.24, 2.45) is 0 Å². The van der Waals surface area contributed by atoms with E-state index in [4.69, 9.17) is 4.42 Å². The lowest BCUT2D eigenvalue weighted by molar-refractivity contribution is -0.385. The summed E-state index contributed by atoms with van der Waals surface area (Å²) in [7, 11) is -3.89. The molecule has 0 radical (unpaired) electrons. The SMILES string of the molecule is O=[N+]([O-])c1cccc(S(=O)(=O)NCCc2nnc(-c3ccccn3)o2)c1. The quantitative estimate of drug-likeness (QED) is 0.484. The Kier molecular flexibility index (Phi) is 5.00. The van der Waals surface area contributed by atoms with E-state index >= 15 is 0 Å². The van der Waals surface area contributed by atoms with Crippen molar-refractivity contribution in [1.82, 2.24) is 19.9 Å². The number of aromatic nitrogens is 3. The number of rotatable bonds is 7. The molecule has 10 nitrogen and oxygen atoms in total. The average Bonchev–Trinajstić information content (AvgIpc) is 3.11. The Bertz CT molecular complexity index is 1020. The van der Waals surface area contributed by atoms with Gasteiger partial charge in [-0.2, -0.15) is 0 Å². The molecule has 26 heavy (non-hydrogen) atoms. The molecule has 0 aliphatic carbocycles. The fourth-order valence-electron chi connectivity index (χ4n) is 2.09. The first kappa shape index (κ1) is 17.6. The van der Waals surface area contributed by atoms with Crippen LogP contribution < -0.4 is 4.72 Å². The van der Waals surface area contributed by atoms with Crippen LogP contribution in [0.5, 0.6) is 0 Å². The van der Waals surface area contributed by atoms with Crippen LogP contribution in [-0.2, 0) is 16.4 Å². The smallest absolute Gasteiger partial charge is 0.270 e. The van der Waals surface area contributed by atoms with Gasteiger partial charge in [0.1, 0.15) is 5.69 Å². The van der Waals surface area contributed by atoms with Gasteiger partial charge in [0.05, 0.1) is 9.82 Å². The number of sulfonamides is 1. The number of hydrogen-bond acceptors (Lipinski definition) is 8. The highest BCUT2D eigenvalue weighted by atomic mass is 32.2. The van der Waals surface area contributed by atoms with Gasteiger partial charge in [-0.15, -0.1) is 10.2 Å². The highest BCUT2D eigenvalue weighted by molar-refractivity contribution is 7.89. The molecular weight excluding hydrogens is 362 g/mol. The van der Waals surface area contributed by atoms with Crippen molar-refractivity contribution in [2.75, 3.05) is 6.54 Å². The van der Waals surface area contributed by atoms with E-state index in [2.05, 4.69) is 19.9 Å². The number of nitrogens with zero attached hydrogens (tertiary/aromatic N) is 4. The third-order valence-corrected chi connectivity index (χ3v) is 4.78. The maximum Gasteiger partial charge on any atom is 0.270 e. The summed E-state index contributed by atoms with van der Waals surface area (Å²) in [6.45, 7) is -0.00508. The van der Waals surface area contributed by atoms with Gasteiger partial charge in [0.2, 0.25) is 15.9 Å². The number of pyridine rings is 1. The molecule has 0 atom stereocenters. The lowest BCUT2D eigenvalue weighted by Crippen LogP contribution is -2.26. The molecule has 1 aromatic carbocycles. The van der Waals surface area contributed by atoms with Gasteiger partial charge in [-0.25, -0.2) is 13.1 Å². The van der Waals surface area contributed by atoms with Crippen molar-refractivity contribution >= 4 is 15.7 Å². The minimum Gasteiger partial charge on any atom is -0.419 e. The Hall–Kier alpha value is -3.18. The van der Waals surface area contributed by atoms with Gasteiger partial charge in [0.25, 0.3) is 11.6 Å². The van der Waals surface area contributed by atoms with E-state index in [1.807, 2.05) is 0 Å². The zero-order valence-electron chi connectivity index (χ0n) is 13.3. The Morgan fingerprint density at radius 1 is 1.15 bits per heavy atom. The predicted molar refractivity (Wildman–Crippen MR) is 89.5 cm³/mol. The molecule has 0 spiro atoms. The van der Waals surface area contributed by atoms with Gasteiger partial charge in [-0.1, -0.05) is 12.1 Å². The van der Waals surface area contributed by atoms with Crippen molar-refractivity contribution in [3.05, 3.63) is 64.7 Å². The number of benzene rings is 1. The highest BCUT2D eigenvalue weighted by Crippen LogP contribution is 2.17. The minimum absolute atomic E-state index is 0.00508. The molecule has 0 aliphatic heterocycles. The number of hydrogen-bond donors (Lipinski definition) is 1. The first-order valence-corrected chi connectivity index (χ1v) is 8.92. The number of nitro groups is 1. The summed E-state index contributed by atoms with van der Waals surface area (Å²) in [6, 6.07) is 10.0. The third-order valence-electron chi connectivity index (χ3n) is 3.32. The second-order valence-corrected chi connectivity index (χ2v) is 6.89. The Balaban J connectivity index is 1.63. The van der Waals surface area contributed by atoms with Gasteiger partial charge in [0.15, 0.2) is 0 Å². The number of non-ortho nitro benzene ring substituents is 1. The second-order valence-electron chi connectivity index (χ2n) is 5.12. The topological polar surface area (TPSA) is 141 Å². The summed E-state index contributed by atoms with van der Waals surface area (Å²) in [5, 5.41) is 18.5. The first-order valence-electron chi connectivity index (χ1n) is 7.43. The molecule has 0 saturated heterocycles. The summed E-state index contributed by atoms with van der Waals surface area (Å²) in [4.78, 5) is 14.0. The molecule has 2 heterocycles. The van der Waals surface area contributed by atoms with E-state index in [9.17, 15) is 18.5 Å². The van der Waals surface area contributed by atoms with Crippen molar-refractivity contribution in [1.29, 1.82) is 0 Å². The summed E-state index contributed by atoms with van der Waals surface area (Å²) >= 11 is 0. The van der Waals surface area contributed by atoms with E-state index in [1.165, 1.54) is 18.2 Å². The molecule has 0 saturated carbocycles. The van der Waals surface area contributed by atoms with Crippen LogP contribution in [0, 0.1) is 10.1 Å². The summed E-state index contributed by atoms with van der Waals surface area (Å²) in [6.07, 6.45) is 1.75. The highest BCUT2D eigenvalue weighted by Gasteiger charge is 2.18. The van der Waals surface area contributed by atoms with E-state index in [-0.39, 0.29) is 35.3 Å². The fourth-order valence-corrected chi connectivity index (χ4v) is 3.16. The van der Waals surface area contributed by atoms with Crippen molar-refractivity contribution in [3.63, 3.8) is 0 Å². The van der Waals surface area contributed by atoms with Gasteiger partial charge in [-0.05, 0) is 18.2 Å². The summed E-state index contributed by atoms with van der Waals surface area (Å²) in [5.41, 5.74) is 0.216. The zero-order valence-corrected chi connectivity index (χ0v) is 14.1. The number of nitro benzene ring substituents is 1. The van der Waals surface area contributed by atoms with Crippen LogP contribution in [-0.4, -0.2) is 35.1 Å². The maximum absolute atomic E-state index is 12.2. The van der Waals surface area contributed by atoms with Crippen LogP contribution in [0.2, 0.25) is 0 Å². The lowest BCUT2D eigenvalue weighted by Gasteiger charge is -2.05. The molecule has 134 valence electrons. The van der Waals surface area contributed by atoms with Crippen LogP contribution in [0.4, 0.5) is 5.69 Å². The van der Waals surface area contributed by atoms with Gasteiger partial charge in [0, 0.05) is 31.3 Å². The molecule has 0 fully saturated rings. The van der Waals surface area contributed by atoms with Crippen molar-refractivity contribution in [2.45, 2.75) is 11.3 Å². The molecule has 2 aromatic heterocycles. The monoisotopic (exact) mass is 375 g/mol. The molecule has 3 aromatic rings. The van der Waals surface area contributed by atoms with Gasteiger partial charge >= 0.3 is 0 Å². The van der Waals surface area contributed by atoms with E-state index in [1.54, 1.807) is 24.4 Å². The Morgan fingerprint density at radius 3 is 2.73 bits per heavy atom. The van der Waals surface area contributed by atoms with Gasteiger partial charge < -0.3 is 4.42 Å². The summed E-state index contributed by atoms with van der Waals surface area (Å²) in [5.74, 6) is 0.481. The standard InChI is InChI=1S/C15H13N5O5S/c21-20(22)11-4-3-5-12(10-11)26(23,24)17-9-7-14-18-19-15(25-14)13-6-1-2-8-16-13/h1-6,8,10,17H,7,9H2. The third kappa shape index (κ3) is 4.07. The first-order chi connectivity index (χ1) is 12.5. The van der Waals surface area contributed by atoms with E-state index < -0.39 is 14.9 Å². The molecule has 1 N–H and O–H groups in total. The maximum atomic E-state index is 12.2. The lowest BCUT2D eigenvalue weighted by atomic mass is 10.3. The van der Waals surface area contributed by atoms with E-state index in [0.29, 0.717) is 5.69 Å². The molecule has 0 amide bonds. The Labute approximate surface area is 148 Å². The van der Waals surface area contributed by atoms with E-state index in [0.717, 1.165) is 6.07 Å². The zero-order chi connectivity index (χ0) is 18.6. The van der Waals surface area contributed by atoms with Crippen LogP contribution in [0.1, 0.15) is 5.89 Å². The molecule has 3 rings (SSSR count). The van der Waals surface area contributed by atoms with Crippen LogP contribution in [0.3, 0.4) is 0 Å².